The Balaban J connectivity index is 0.000000183. The third kappa shape index (κ3) is 5.59. The fourth-order valence-electron chi connectivity index (χ4n) is 4.82. The second kappa shape index (κ2) is 8.73. The molecule has 0 heterocycles. The van der Waals surface area contributed by atoms with E-state index in [9.17, 15) is 9.59 Å². The molecule has 4 fully saturated rings. The van der Waals surface area contributed by atoms with Gasteiger partial charge in [-0.15, -0.1) is 0 Å². The Kier molecular flexibility index (Phi) is 7.17. The first-order valence-electron chi connectivity index (χ1n) is 9.08. The molecule has 0 aromatic rings. The number of thiol groups is 1. The lowest BCUT2D eigenvalue weighted by molar-refractivity contribution is -0.169. The number of hydrogen-bond acceptors (Lipinski definition) is 6. The Bertz CT molecular complexity index is 449. The van der Waals surface area contributed by atoms with E-state index < -0.39 is 24.0 Å². The third-order valence-electron chi connectivity index (χ3n) is 5.61. The van der Waals surface area contributed by atoms with Crippen molar-refractivity contribution in [1.29, 1.82) is 0 Å². The van der Waals surface area contributed by atoms with Crippen LogP contribution in [-0.2, 0) is 19.1 Å². The van der Waals surface area contributed by atoms with Gasteiger partial charge in [-0.1, -0.05) is 6.92 Å². The number of hydrogen-bond donors (Lipinski definition) is 3. The highest BCUT2D eigenvalue weighted by Gasteiger charge is 2.48. The highest BCUT2D eigenvalue weighted by atomic mass is 32.1. The lowest BCUT2D eigenvalue weighted by Crippen LogP contribution is -2.55. The Morgan fingerprint density at radius 2 is 1.68 bits per heavy atom. The van der Waals surface area contributed by atoms with Crippen LogP contribution in [0.2, 0.25) is 0 Å². The largest absolute Gasteiger partial charge is 0.478 e. The number of esters is 1. The Hall–Kier alpha value is -0.790. The minimum atomic E-state index is -1.24. The number of carboxylic acid groups (broad SMARTS) is 1. The normalized spacial score (nSPS) is 34.6. The summed E-state index contributed by atoms with van der Waals surface area (Å²) in [5.74, 6) is 1.16. The van der Waals surface area contributed by atoms with E-state index in [-0.39, 0.29) is 6.61 Å². The molecule has 4 bridgehead atoms. The van der Waals surface area contributed by atoms with E-state index in [1.54, 1.807) is 6.92 Å². The van der Waals surface area contributed by atoms with Gasteiger partial charge >= 0.3 is 11.9 Å². The Labute approximate surface area is 155 Å². The van der Waals surface area contributed by atoms with Crippen LogP contribution in [-0.4, -0.2) is 48.2 Å². The first kappa shape index (κ1) is 20.5. The van der Waals surface area contributed by atoms with Crippen molar-refractivity contribution in [3.05, 3.63) is 0 Å². The second-order valence-corrected chi connectivity index (χ2v) is 8.45. The molecule has 0 aromatic carbocycles. The summed E-state index contributed by atoms with van der Waals surface area (Å²) in [5.41, 5.74) is 6.62. The number of carboxylic acids is 1. The lowest BCUT2D eigenvalue weighted by Gasteiger charge is -2.55. The van der Waals surface area contributed by atoms with E-state index in [4.69, 9.17) is 15.6 Å². The molecule has 3 N–H and O–H groups in total. The quantitative estimate of drug-likeness (QED) is 0.487. The zero-order valence-corrected chi connectivity index (χ0v) is 16.0. The Morgan fingerprint density at radius 1 is 1.20 bits per heavy atom. The molecule has 4 saturated carbocycles. The molecular formula is C18H31NO5S. The van der Waals surface area contributed by atoms with Crippen LogP contribution in [0.4, 0.5) is 0 Å². The first-order chi connectivity index (χ1) is 11.8. The molecule has 2 atom stereocenters. The average molecular weight is 374 g/mol. The van der Waals surface area contributed by atoms with Gasteiger partial charge in [0.25, 0.3) is 0 Å². The summed E-state index contributed by atoms with van der Waals surface area (Å²) in [6.07, 6.45) is 7.33. The number of rotatable bonds is 6. The van der Waals surface area contributed by atoms with E-state index in [1.165, 1.54) is 45.6 Å². The minimum absolute atomic E-state index is 0.152. The molecule has 7 heteroatoms. The van der Waals surface area contributed by atoms with E-state index in [2.05, 4.69) is 17.4 Å². The Morgan fingerprint density at radius 3 is 2.00 bits per heavy atom. The second-order valence-electron chi connectivity index (χ2n) is 8.08. The van der Waals surface area contributed by atoms with Crippen molar-refractivity contribution in [1.82, 2.24) is 0 Å². The van der Waals surface area contributed by atoms with Gasteiger partial charge in [-0.05, 0) is 56.3 Å². The number of aliphatic carboxylic acids is 1. The van der Waals surface area contributed by atoms with Crippen molar-refractivity contribution in [2.75, 3.05) is 19.5 Å². The van der Waals surface area contributed by atoms with Crippen LogP contribution < -0.4 is 5.73 Å². The highest BCUT2D eigenvalue weighted by Crippen LogP contribution is 2.54. The van der Waals surface area contributed by atoms with Gasteiger partial charge in [-0.3, -0.25) is 4.79 Å². The van der Waals surface area contributed by atoms with Crippen LogP contribution in [0.5, 0.6) is 0 Å². The lowest BCUT2D eigenvalue weighted by atomic mass is 9.53. The van der Waals surface area contributed by atoms with Crippen LogP contribution in [0.15, 0.2) is 0 Å². The van der Waals surface area contributed by atoms with Gasteiger partial charge in [0.15, 0.2) is 0 Å². The maximum absolute atomic E-state index is 11.2. The van der Waals surface area contributed by atoms with Gasteiger partial charge < -0.3 is 20.3 Å². The predicted octanol–water partition coefficient (Wildman–Crippen LogP) is 2.11. The minimum Gasteiger partial charge on any atom is -0.478 e. The van der Waals surface area contributed by atoms with Gasteiger partial charge in [-0.25, -0.2) is 4.79 Å². The summed E-state index contributed by atoms with van der Waals surface area (Å²) in [7, 11) is 1.34. The van der Waals surface area contributed by atoms with Crippen molar-refractivity contribution in [2.45, 2.75) is 57.1 Å². The number of methoxy groups -OCH3 is 1. The molecule has 0 amide bonds. The van der Waals surface area contributed by atoms with Gasteiger partial charge in [0, 0.05) is 18.4 Å². The van der Waals surface area contributed by atoms with Crippen LogP contribution >= 0.6 is 12.6 Å². The summed E-state index contributed by atoms with van der Waals surface area (Å²) in [4.78, 5) is 21.7. The van der Waals surface area contributed by atoms with Crippen LogP contribution in [0, 0.1) is 23.7 Å². The zero-order chi connectivity index (χ0) is 18.6. The molecule has 0 saturated heterocycles. The maximum Gasteiger partial charge on any atom is 0.347 e. The molecule has 0 spiro atoms. The summed E-state index contributed by atoms with van der Waals surface area (Å²) in [6.45, 7) is 1.46. The topological polar surface area (TPSA) is 98.8 Å². The summed E-state index contributed by atoms with van der Waals surface area (Å²) >= 11 is 3.90. The summed E-state index contributed by atoms with van der Waals surface area (Å²) in [5, 5.41) is 8.63. The van der Waals surface area contributed by atoms with Crippen LogP contribution in [0.25, 0.3) is 0 Å². The SMILES string of the molecule is COC[C@H](OC(=O)[C@H](C)CS)C(=O)O.NC12CC3CC(CC(C3)C1)C2. The smallest absolute Gasteiger partial charge is 0.347 e. The standard InChI is InChI=1S/C10H17N.C8H14O5S/c11-10-4-7-1-8(5-10)3-9(2-7)6-10;1-5(4-14)8(11)13-6(3-12-2)7(9)10/h7-9H,1-6,11H2;5-6,14H,3-4H2,1-2H3,(H,9,10)/t;5-,6+/m.1/s1. The van der Waals surface area contributed by atoms with Crippen LogP contribution in [0.1, 0.15) is 45.4 Å². The van der Waals surface area contributed by atoms with E-state index in [1.807, 2.05) is 0 Å². The molecule has 4 rings (SSSR count). The highest BCUT2D eigenvalue weighted by molar-refractivity contribution is 7.80. The molecule has 0 aromatic heterocycles. The molecule has 144 valence electrons. The molecule has 0 unspecified atom stereocenters. The number of carbonyl (C=O) groups excluding carboxylic acids is 1. The van der Waals surface area contributed by atoms with Crippen molar-refractivity contribution >= 4 is 24.6 Å². The molecule has 4 aliphatic carbocycles. The monoisotopic (exact) mass is 373 g/mol. The number of ether oxygens (including phenoxy) is 2. The molecule has 0 aliphatic heterocycles. The van der Waals surface area contributed by atoms with Crippen LogP contribution in [0.3, 0.4) is 0 Å². The maximum atomic E-state index is 11.2. The van der Waals surface area contributed by atoms with Gasteiger partial charge in [0.05, 0.1) is 12.5 Å². The van der Waals surface area contributed by atoms with E-state index in [0.29, 0.717) is 11.3 Å². The molecule has 0 radical (unpaired) electrons. The fourth-order valence-corrected chi connectivity index (χ4v) is 4.96. The average Bonchev–Trinajstić information content (AvgIpc) is 2.51. The van der Waals surface area contributed by atoms with Gasteiger partial charge in [0.2, 0.25) is 6.10 Å². The third-order valence-corrected chi connectivity index (χ3v) is 6.16. The first-order valence-corrected chi connectivity index (χ1v) is 9.71. The van der Waals surface area contributed by atoms with Crippen molar-refractivity contribution in [3.63, 3.8) is 0 Å². The molecule has 25 heavy (non-hydrogen) atoms. The zero-order valence-electron chi connectivity index (χ0n) is 15.1. The van der Waals surface area contributed by atoms with E-state index in [0.717, 1.165) is 17.8 Å². The summed E-state index contributed by atoms with van der Waals surface area (Å²) < 4.78 is 9.30. The summed E-state index contributed by atoms with van der Waals surface area (Å²) in [6, 6.07) is 0. The van der Waals surface area contributed by atoms with Gasteiger partial charge in [0.1, 0.15) is 0 Å². The molecule has 4 aliphatic rings. The van der Waals surface area contributed by atoms with E-state index >= 15 is 0 Å². The van der Waals surface area contributed by atoms with Crippen molar-refractivity contribution < 1.29 is 24.2 Å². The number of carbonyl (C=O) groups is 2. The van der Waals surface area contributed by atoms with Gasteiger partial charge in [-0.2, -0.15) is 12.6 Å². The van der Waals surface area contributed by atoms with Crippen molar-refractivity contribution in [2.24, 2.45) is 29.4 Å². The number of nitrogens with two attached hydrogens (primary N) is 1. The van der Waals surface area contributed by atoms with Crippen molar-refractivity contribution in [3.8, 4) is 0 Å². The predicted molar refractivity (Wildman–Crippen MR) is 97.5 cm³/mol. The molecular weight excluding hydrogens is 342 g/mol. The molecule has 6 nitrogen and oxygen atoms in total. The fraction of sp³-hybridized carbons (Fsp3) is 0.889.